The number of hydrogen-bond acceptors (Lipinski definition) is 2. The van der Waals surface area contributed by atoms with E-state index in [0.29, 0.717) is 0 Å². The van der Waals surface area contributed by atoms with Crippen molar-refractivity contribution in [3.05, 3.63) is 200 Å². The molecule has 0 atom stereocenters. The van der Waals surface area contributed by atoms with Gasteiger partial charge in [-0.2, -0.15) is 0 Å². The van der Waals surface area contributed by atoms with Gasteiger partial charge in [-0.05, 0) is 149 Å². The van der Waals surface area contributed by atoms with Crippen molar-refractivity contribution in [3.8, 4) is 0 Å². The first-order chi connectivity index (χ1) is 26.9. The van der Waals surface area contributed by atoms with Crippen LogP contribution in [0.4, 0.5) is 11.4 Å². The van der Waals surface area contributed by atoms with Gasteiger partial charge >= 0.3 is 0 Å². The highest BCUT2D eigenvalue weighted by Gasteiger charge is 2.11. The van der Waals surface area contributed by atoms with Crippen molar-refractivity contribution in [1.82, 2.24) is 0 Å². The number of nitrogens with two attached hydrogens (primary N) is 2. The minimum atomic E-state index is 0.816. The maximum absolute atomic E-state index is 5.90. The van der Waals surface area contributed by atoms with Crippen LogP contribution in [0, 0.1) is 0 Å². The topological polar surface area (TPSA) is 52.0 Å². The van der Waals surface area contributed by atoms with E-state index >= 15 is 0 Å². The molecule has 0 saturated heterocycles. The third-order valence-electron chi connectivity index (χ3n) is 11.2. The average Bonchev–Trinajstić information content (AvgIpc) is 3.20. The molecular weight excluding hydrogens is 665 g/mol. The van der Waals surface area contributed by atoms with Gasteiger partial charge in [0, 0.05) is 11.4 Å². The zero-order chi connectivity index (χ0) is 38.2. The first-order valence-corrected chi connectivity index (χ1v) is 21.0. The minimum absolute atomic E-state index is 0.816. The van der Waals surface area contributed by atoms with Gasteiger partial charge in [0.15, 0.2) is 0 Å². The van der Waals surface area contributed by atoms with E-state index in [9.17, 15) is 0 Å². The van der Waals surface area contributed by atoms with E-state index in [0.717, 1.165) is 56.3 Å². The number of rotatable bonds is 20. The van der Waals surface area contributed by atoms with E-state index in [2.05, 4.69) is 123 Å². The molecule has 4 N–H and O–H groups in total. The quantitative estimate of drug-likeness (QED) is 0.0608. The molecule has 55 heavy (non-hydrogen) atoms. The minimum Gasteiger partial charge on any atom is -0.399 e. The van der Waals surface area contributed by atoms with Gasteiger partial charge in [-0.15, -0.1) is 0 Å². The fourth-order valence-electron chi connectivity index (χ4n) is 7.84. The van der Waals surface area contributed by atoms with Crippen molar-refractivity contribution >= 4 is 11.4 Å². The molecule has 2 heteroatoms. The number of benzene rings is 6. The average molecular weight is 727 g/mol. The van der Waals surface area contributed by atoms with Crippen LogP contribution in [0.2, 0.25) is 0 Å². The maximum Gasteiger partial charge on any atom is 0.0314 e. The van der Waals surface area contributed by atoms with E-state index in [1.807, 2.05) is 24.3 Å². The Bertz CT molecular complexity index is 1890. The lowest BCUT2D eigenvalue weighted by Gasteiger charge is -2.15. The van der Waals surface area contributed by atoms with Crippen LogP contribution < -0.4 is 11.5 Å². The highest BCUT2D eigenvalue weighted by molar-refractivity contribution is 5.44. The van der Waals surface area contributed by atoms with Gasteiger partial charge in [0.25, 0.3) is 0 Å². The van der Waals surface area contributed by atoms with Crippen molar-refractivity contribution in [1.29, 1.82) is 0 Å². The molecule has 2 nitrogen and oxygen atoms in total. The molecule has 0 fully saturated rings. The van der Waals surface area contributed by atoms with Crippen LogP contribution in [-0.2, 0) is 44.9 Å². The fourth-order valence-corrected chi connectivity index (χ4v) is 7.84. The fraction of sp³-hybridized carbons (Fsp3) is 0.321. The molecule has 0 radical (unpaired) electrons. The van der Waals surface area contributed by atoms with Gasteiger partial charge in [-0.3, -0.25) is 0 Å². The summed E-state index contributed by atoms with van der Waals surface area (Å²) in [6, 6.07) is 49.6. The Morgan fingerprint density at radius 2 is 0.582 bits per heavy atom. The van der Waals surface area contributed by atoms with Crippen molar-refractivity contribution in [2.45, 2.75) is 110 Å². The Labute approximate surface area is 332 Å². The summed E-state index contributed by atoms with van der Waals surface area (Å²) in [4.78, 5) is 0. The van der Waals surface area contributed by atoms with Crippen LogP contribution in [0.15, 0.2) is 133 Å². The number of hydrogen-bond donors (Lipinski definition) is 2. The first-order valence-electron chi connectivity index (χ1n) is 21.0. The van der Waals surface area contributed by atoms with Crippen LogP contribution in [0.25, 0.3) is 0 Å². The Kier molecular flexibility index (Phi) is 14.8. The molecule has 0 aromatic heterocycles. The number of aryl methyl sites for hydroxylation is 2. The van der Waals surface area contributed by atoms with Crippen LogP contribution in [0.3, 0.4) is 0 Å². The summed E-state index contributed by atoms with van der Waals surface area (Å²) in [5.74, 6) is 0. The molecule has 0 aliphatic rings. The summed E-state index contributed by atoms with van der Waals surface area (Å²) in [5.41, 5.74) is 30.3. The molecule has 0 unspecified atom stereocenters. The molecule has 0 heterocycles. The summed E-state index contributed by atoms with van der Waals surface area (Å²) in [6.07, 6.45) is 17.4. The summed E-state index contributed by atoms with van der Waals surface area (Å²) in [7, 11) is 0. The molecule has 0 saturated carbocycles. The molecule has 6 aromatic carbocycles. The van der Waals surface area contributed by atoms with Gasteiger partial charge in [-0.1, -0.05) is 162 Å². The molecule has 0 bridgehead atoms. The predicted octanol–water partition coefficient (Wildman–Crippen LogP) is 13.1. The Morgan fingerprint density at radius 3 is 0.927 bits per heavy atom. The van der Waals surface area contributed by atoms with Gasteiger partial charge in [-0.25, -0.2) is 0 Å². The monoisotopic (exact) mass is 726 g/mol. The Morgan fingerprint density at radius 1 is 0.291 bits per heavy atom. The lowest BCUT2D eigenvalue weighted by molar-refractivity contribution is 0.664. The van der Waals surface area contributed by atoms with Crippen LogP contribution in [0.1, 0.15) is 132 Å². The van der Waals surface area contributed by atoms with Crippen molar-refractivity contribution < 1.29 is 0 Å². The van der Waals surface area contributed by atoms with Crippen LogP contribution in [0.5, 0.6) is 0 Å². The number of unbranched alkanes of at least 4 members (excludes halogenated alkanes) is 6. The van der Waals surface area contributed by atoms with Gasteiger partial charge < -0.3 is 11.5 Å². The second-order valence-electron chi connectivity index (χ2n) is 15.8. The van der Waals surface area contributed by atoms with Crippen molar-refractivity contribution in [2.24, 2.45) is 0 Å². The van der Waals surface area contributed by atoms with Gasteiger partial charge in [0.05, 0.1) is 0 Å². The molecule has 6 aromatic rings. The van der Waals surface area contributed by atoms with E-state index in [1.165, 1.54) is 118 Å². The number of anilines is 2. The van der Waals surface area contributed by atoms with Gasteiger partial charge in [0.2, 0.25) is 0 Å². The van der Waals surface area contributed by atoms with E-state index in [4.69, 9.17) is 11.5 Å². The molecular formula is C53H62N2. The summed E-state index contributed by atoms with van der Waals surface area (Å²) >= 11 is 0. The summed E-state index contributed by atoms with van der Waals surface area (Å²) in [6.45, 7) is 4.60. The molecule has 0 amide bonds. The highest BCUT2D eigenvalue weighted by Crippen LogP contribution is 2.25. The lowest BCUT2D eigenvalue weighted by atomic mass is 9.90. The highest BCUT2D eigenvalue weighted by atomic mass is 14.5. The molecule has 0 spiro atoms. The van der Waals surface area contributed by atoms with Crippen molar-refractivity contribution in [3.63, 3.8) is 0 Å². The molecule has 0 aliphatic carbocycles. The number of nitrogen functional groups attached to an aromatic ring is 2. The normalized spacial score (nSPS) is 11.2. The predicted molar refractivity (Wildman–Crippen MR) is 237 cm³/mol. The third-order valence-corrected chi connectivity index (χ3v) is 11.2. The maximum atomic E-state index is 5.90. The zero-order valence-corrected chi connectivity index (χ0v) is 33.5. The van der Waals surface area contributed by atoms with Crippen LogP contribution >= 0.6 is 0 Å². The third kappa shape index (κ3) is 12.5. The summed E-state index contributed by atoms with van der Waals surface area (Å²) < 4.78 is 0. The molecule has 284 valence electrons. The second-order valence-corrected chi connectivity index (χ2v) is 15.8. The Balaban J connectivity index is 1.15. The lowest BCUT2D eigenvalue weighted by Crippen LogP contribution is -2.02. The van der Waals surface area contributed by atoms with Gasteiger partial charge in [0.1, 0.15) is 0 Å². The van der Waals surface area contributed by atoms with E-state index in [1.54, 1.807) is 0 Å². The molecule has 0 aliphatic heterocycles. The second kappa shape index (κ2) is 20.6. The standard InChI is InChI=1S/C53H62N2/c1-3-5-7-9-11-48-38-46(21-27-50(48)36-44-17-13-40(14-18-44)33-42-23-29-52(54)30-24-42)35-47-22-28-51(49(39-47)12-10-8-6-4-2)37-45-19-15-41(16-20-45)34-43-25-31-53(55)32-26-43/h13-32,38-39H,3-12,33-37,54-55H2,1-2H3. The van der Waals surface area contributed by atoms with E-state index in [-0.39, 0.29) is 0 Å². The smallest absolute Gasteiger partial charge is 0.0314 e. The van der Waals surface area contributed by atoms with E-state index < -0.39 is 0 Å². The zero-order valence-electron chi connectivity index (χ0n) is 33.5. The SMILES string of the molecule is CCCCCCc1cc(Cc2ccc(Cc3ccc(Cc4ccc(N)cc4)cc3)c(CCCCCC)c2)ccc1Cc1ccc(Cc2ccc(N)cc2)cc1. The first kappa shape index (κ1) is 39.6. The van der Waals surface area contributed by atoms with Crippen molar-refractivity contribution in [2.75, 3.05) is 11.5 Å². The summed E-state index contributed by atoms with van der Waals surface area (Å²) in [5, 5.41) is 0. The molecule has 6 rings (SSSR count). The van der Waals surface area contributed by atoms with Crippen LogP contribution in [-0.4, -0.2) is 0 Å². The largest absolute Gasteiger partial charge is 0.399 e. The Hall–Kier alpha value is -5.08.